The van der Waals surface area contributed by atoms with Crippen LogP contribution in [0.1, 0.15) is 26.7 Å². The Morgan fingerprint density at radius 3 is 2.50 bits per heavy atom. The lowest BCUT2D eigenvalue weighted by molar-refractivity contribution is -0.123. The van der Waals surface area contributed by atoms with Gasteiger partial charge in [0.1, 0.15) is 0 Å². The van der Waals surface area contributed by atoms with Gasteiger partial charge in [-0.25, -0.2) is 0 Å². The molecule has 0 aromatic carbocycles. The fraction of sp³-hybridized carbons (Fsp3) is 0.900. The molecule has 1 N–H and O–H groups in total. The Bertz CT molecular complexity index is 202. The third-order valence-electron chi connectivity index (χ3n) is 2.67. The molecule has 1 aliphatic rings. The number of methoxy groups -OCH3 is 1. The SMILES string of the molecule is COC1CC(NC(=O)C(S)C(C)C)C1. The van der Waals surface area contributed by atoms with Gasteiger partial charge in [-0.05, 0) is 18.8 Å². The first-order valence-corrected chi connectivity index (χ1v) is 5.57. The predicted molar refractivity (Wildman–Crippen MR) is 59.6 cm³/mol. The van der Waals surface area contributed by atoms with Crippen LogP contribution >= 0.6 is 12.6 Å². The van der Waals surface area contributed by atoms with Crippen molar-refractivity contribution in [2.45, 2.75) is 44.1 Å². The van der Waals surface area contributed by atoms with Gasteiger partial charge < -0.3 is 10.1 Å². The van der Waals surface area contributed by atoms with Crippen molar-refractivity contribution in [1.82, 2.24) is 5.32 Å². The van der Waals surface area contributed by atoms with Gasteiger partial charge >= 0.3 is 0 Å². The number of thiol groups is 1. The average molecular weight is 217 g/mol. The lowest BCUT2D eigenvalue weighted by atomic mass is 9.89. The molecule has 0 aliphatic heterocycles. The summed E-state index contributed by atoms with van der Waals surface area (Å²) in [5.74, 6) is 0.319. The number of carbonyl (C=O) groups is 1. The summed E-state index contributed by atoms with van der Waals surface area (Å²) in [6.07, 6.45) is 2.19. The van der Waals surface area contributed by atoms with E-state index in [1.165, 1.54) is 0 Å². The maximum Gasteiger partial charge on any atom is 0.233 e. The van der Waals surface area contributed by atoms with Gasteiger partial charge in [-0.1, -0.05) is 13.8 Å². The Morgan fingerprint density at radius 2 is 2.07 bits per heavy atom. The van der Waals surface area contributed by atoms with Gasteiger partial charge in [-0.15, -0.1) is 0 Å². The van der Waals surface area contributed by atoms with Crippen molar-refractivity contribution in [2.24, 2.45) is 5.92 Å². The van der Waals surface area contributed by atoms with Crippen LogP contribution in [0.4, 0.5) is 0 Å². The molecule has 0 aromatic rings. The second-order valence-electron chi connectivity index (χ2n) is 4.22. The smallest absolute Gasteiger partial charge is 0.233 e. The molecule has 14 heavy (non-hydrogen) atoms. The summed E-state index contributed by atoms with van der Waals surface area (Å²) in [5.41, 5.74) is 0. The van der Waals surface area contributed by atoms with E-state index in [0.717, 1.165) is 12.8 Å². The maximum absolute atomic E-state index is 11.6. The standard InChI is InChI=1S/C10H19NO2S/c1-6(2)9(14)10(12)11-7-4-8(5-7)13-3/h6-9,14H,4-5H2,1-3H3,(H,11,12). The largest absolute Gasteiger partial charge is 0.381 e. The number of ether oxygens (including phenoxy) is 1. The highest BCUT2D eigenvalue weighted by molar-refractivity contribution is 7.81. The van der Waals surface area contributed by atoms with E-state index in [-0.39, 0.29) is 17.1 Å². The molecule has 82 valence electrons. The molecule has 0 saturated heterocycles. The molecule has 1 rings (SSSR count). The van der Waals surface area contributed by atoms with Crippen LogP contribution in [0.2, 0.25) is 0 Å². The van der Waals surface area contributed by atoms with Crippen LogP contribution in [-0.4, -0.2) is 30.4 Å². The highest BCUT2D eigenvalue weighted by atomic mass is 32.1. The molecule has 3 nitrogen and oxygen atoms in total. The molecule has 1 atom stereocenters. The van der Waals surface area contributed by atoms with E-state index < -0.39 is 0 Å². The van der Waals surface area contributed by atoms with E-state index in [4.69, 9.17) is 4.74 Å². The quantitative estimate of drug-likeness (QED) is 0.695. The second kappa shape index (κ2) is 5.03. The van der Waals surface area contributed by atoms with Gasteiger partial charge in [0.2, 0.25) is 5.91 Å². The molecule has 1 unspecified atom stereocenters. The van der Waals surface area contributed by atoms with Gasteiger partial charge in [0, 0.05) is 13.2 Å². The van der Waals surface area contributed by atoms with Gasteiger partial charge in [-0.2, -0.15) is 12.6 Å². The summed E-state index contributed by atoms with van der Waals surface area (Å²) in [4.78, 5) is 11.6. The fourth-order valence-electron chi connectivity index (χ4n) is 1.47. The first kappa shape index (κ1) is 11.9. The van der Waals surface area contributed by atoms with Crippen molar-refractivity contribution in [3.63, 3.8) is 0 Å². The predicted octanol–water partition coefficient (Wildman–Crippen LogP) is 1.23. The number of rotatable bonds is 4. The van der Waals surface area contributed by atoms with Crippen LogP contribution in [0.5, 0.6) is 0 Å². The van der Waals surface area contributed by atoms with Crippen LogP contribution in [0.25, 0.3) is 0 Å². The van der Waals surface area contributed by atoms with Crippen molar-refractivity contribution in [1.29, 1.82) is 0 Å². The van der Waals surface area contributed by atoms with Gasteiger partial charge in [0.05, 0.1) is 11.4 Å². The molecule has 0 aromatic heterocycles. The number of hydrogen-bond acceptors (Lipinski definition) is 3. The Labute approximate surface area is 91.0 Å². The Balaban J connectivity index is 2.22. The number of hydrogen-bond donors (Lipinski definition) is 2. The molecule has 0 heterocycles. The van der Waals surface area contributed by atoms with Crippen molar-refractivity contribution in [3.05, 3.63) is 0 Å². The minimum Gasteiger partial charge on any atom is -0.381 e. The summed E-state index contributed by atoms with van der Waals surface area (Å²) < 4.78 is 5.14. The first-order chi connectivity index (χ1) is 6.54. The highest BCUT2D eigenvalue weighted by Gasteiger charge is 2.31. The van der Waals surface area contributed by atoms with E-state index in [2.05, 4.69) is 17.9 Å². The second-order valence-corrected chi connectivity index (χ2v) is 4.78. The first-order valence-electron chi connectivity index (χ1n) is 5.05. The van der Waals surface area contributed by atoms with Gasteiger partial charge in [0.25, 0.3) is 0 Å². The molecule has 1 aliphatic carbocycles. The normalized spacial score (nSPS) is 28.4. The fourth-order valence-corrected chi connectivity index (χ4v) is 1.54. The maximum atomic E-state index is 11.6. The zero-order valence-corrected chi connectivity index (χ0v) is 9.88. The molecular formula is C10H19NO2S. The van der Waals surface area contributed by atoms with E-state index >= 15 is 0 Å². The van der Waals surface area contributed by atoms with E-state index in [0.29, 0.717) is 12.1 Å². The summed E-state index contributed by atoms with van der Waals surface area (Å²) in [6, 6.07) is 0.292. The van der Waals surface area contributed by atoms with Crippen LogP contribution in [0.15, 0.2) is 0 Å². The molecule has 1 amide bonds. The van der Waals surface area contributed by atoms with E-state index in [1.54, 1.807) is 7.11 Å². The molecule has 0 spiro atoms. The lowest BCUT2D eigenvalue weighted by Gasteiger charge is -2.35. The zero-order valence-electron chi connectivity index (χ0n) is 8.99. The van der Waals surface area contributed by atoms with Crippen LogP contribution < -0.4 is 5.32 Å². The third-order valence-corrected chi connectivity index (χ3v) is 3.51. The number of amides is 1. The molecular weight excluding hydrogens is 198 g/mol. The Hall–Kier alpha value is -0.220. The summed E-state index contributed by atoms with van der Waals surface area (Å²) in [7, 11) is 1.71. The van der Waals surface area contributed by atoms with E-state index in [1.807, 2.05) is 13.8 Å². The number of nitrogens with one attached hydrogen (secondary N) is 1. The monoisotopic (exact) mass is 217 g/mol. The third kappa shape index (κ3) is 2.89. The van der Waals surface area contributed by atoms with E-state index in [9.17, 15) is 4.79 Å². The minimum absolute atomic E-state index is 0.0443. The molecule has 4 heteroatoms. The summed E-state index contributed by atoms with van der Waals surface area (Å²) >= 11 is 4.26. The van der Waals surface area contributed by atoms with Crippen LogP contribution in [0, 0.1) is 5.92 Å². The topological polar surface area (TPSA) is 38.3 Å². The van der Waals surface area contributed by atoms with Gasteiger partial charge in [0.15, 0.2) is 0 Å². The minimum atomic E-state index is -0.198. The molecule has 0 bridgehead atoms. The van der Waals surface area contributed by atoms with Crippen molar-refractivity contribution >= 4 is 18.5 Å². The highest BCUT2D eigenvalue weighted by Crippen LogP contribution is 2.23. The lowest BCUT2D eigenvalue weighted by Crippen LogP contribution is -2.50. The average Bonchev–Trinajstić information content (AvgIpc) is 2.08. The van der Waals surface area contributed by atoms with Crippen molar-refractivity contribution < 1.29 is 9.53 Å². The van der Waals surface area contributed by atoms with Crippen molar-refractivity contribution in [3.8, 4) is 0 Å². The summed E-state index contributed by atoms with van der Waals surface area (Å²) in [6.45, 7) is 3.99. The zero-order chi connectivity index (χ0) is 10.7. The number of carbonyl (C=O) groups excluding carboxylic acids is 1. The van der Waals surface area contributed by atoms with Crippen molar-refractivity contribution in [2.75, 3.05) is 7.11 Å². The summed E-state index contributed by atoms with van der Waals surface area (Å²) in [5, 5.41) is 2.77. The molecule has 1 saturated carbocycles. The molecule has 1 fully saturated rings. The van der Waals surface area contributed by atoms with Crippen LogP contribution in [-0.2, 0) is 9.53 Å². The Kier molecular flexibility index (Phi) is 4.26. The Morgan fingerprint density at radius 1 is 1.50 bits per heavy atom. The van der Waals surface area contributed by atoms with Crippen LogP contribution in [0.3, 0.4) is 0 Å². The molecule has 0 radical (unpaired) electrons. The van der Waals surface area contributed by atoms with Gasteiger partial charge in [-0.3, -0.25) is 4.79 Å².